The van der Waals surface area contributed by atoms with Crippen molar-refractivity contribution in [1.29, 1.82) is 0 Å². The van der Waals surface area contributed by atoms with Crippen LogP contribution >= 0.6 is 11.6 Å². The molecule has 7 nitrogen and oxygen atoms in total. The zero-order valence-electron chi connectivity index (χ0n) is 18.7. The zero-order valence-corrected chi connectivity index (χ0v) is 20.2. The molecule has 1 aliphatic rings. The molecule has 184 valence electrons. The van der Waals surface area contributed by atoms with Crippen molar-refractivity contribution in [2.24, 2.45) is 5.92 Å². The number of carbonyl (C=O) groups excluding carboxylic acids is 1. The molecule has 35 heavy (non-hydrogen) atoms. The fourth-order valence-corrected chi connectivity index (χ4v) is 5.84. The molecule has 1 saturated heterocycles. The Morgan fingerprint density at radius 1 is 1.20 bits per heavy atom. The second-order valence-electron chi connectivity index (χ2n) is 8.13. The quantitative estimate of drug-likeness (QED) is 0.486. The highest BCUT2D eigenvalue weighted by Gasteiger charge is 2.37. The minimum atomic E-state index is -4.09. The highest BCUT2D eigenvalue weighted by Crippen LogP contribution is 2.30. The number of aryl methyl sites for hydroxylation is 1. The van der Waals surface area contributed by atoms with Gasteiger partial charge in [0.15, 0.2) is 10.7 Å². The number of nitrogens with zero attached hydrogens (tertiary/aromatic N) is 2. The van der Waals surface area contributed by atoms with Crippen molar-refractivity contribution in [2.45, 2.75) is 24.7 Å². The van der Waals surface area contributed by atoms with Gasteiger partial charge in [-0.3, -0.25) is 4.79 Å². The monoisotopic (exact) mass is 521 g/mol. The second kappa shape index (κ2) is 10.3. The van der Waals surface area contributed by atoms with Crippen LogP contribution in [0.1, 0.15) is 29.9 Å². The molecule has 1 aromatic heterocycles. The van der Waals surface area contributed by atoms with Crippen LogP contribution in [0.4, 0.5) is 14.5 Å². The lowest BCUT2D eigenvalue weighted by atomic mass is 9.98. The maximum absolute atomic E-state index is 14.1. The molecule has 0 spiro atoms. The van der Waals surface area contributed by atoms with Crippen molar-refractivity contribution < 1.29 is 26.5 Å². The van der Waals surface area contributed by atoms with Crippen LogP contribution in [-0.4, -0.2) is 36.9 Å². The number of hydrogen-bond donors (Lipinski definition) is 1. The van der Waals surface area contributed by atoms with Crippen molar-refractivity contribution in [3.63, 3.8) is 0 Å². The van der Waals surface area contributed by atoms with Crippen molar-refractivity contribution in [3.05, 3.63) is 76.1 Å². The summed E-state index contributed by atoms with van der Waals surface area (Å²) < 4.78 is 61.4. The number of benzene rings is 2. The van der Waals surface area contributed by atoms with E-state index in [9.17, 15) is 22.0 Å². The van der Waals surface area contributed by atoms with Gasteiger partial charge in [-0.2, -0.15) is 4.31 Å². The van der Waals surface area contributed by atoms with Crippen LogP contribution in [0.15, 0.2) is 51.9 Å². The van der Waals surface area contributed by atoms with Gasteiger partial charge in [0.05, 0.1) is 11.6 Å². The normalized spacial score (nSPS) is 17.1. The van der Waals surface area contributed by atoms with Crippen LogP contribution in [0.3, 0.4) is 0 Å². The molecule has 11 heteroatoms. The van der Waals surface area contributed by atoms with Gasteiger partial charge in [0, 0.05) is 23.7 Å². The highest BCUT2D eigenvalue weighted by atomic mass is 35.5. The predicted octanol–water partition coefficient (Wildman–Crippen LogP) is 5.12. The van der Waals surface area contributed by atoms with Crippen LogP contribution < -0.4 is 5.32 Å². The number of hydrogen-bond acceptors (Lipinski definition) is 5. The lowest BCUT2D eigenvalue weighted by Gasteiger charge is -2.31. The van der Waals surface area contributed by atoms with Crippen LogP contribution in [0.25, 0.3) is 12.2 Å². The van der Waals surface area contributed by atoms with Gasteiger partial charge >= 0.3 is 0 Å². The van der Waals surface area contributed by atoms with Crippen LogP contribution in [0.2, 0.25) is 5.02 Å². The van der Waals surface area contributed by atoms with E-state index in [-0.39, 0.29) is 45.7 Å². The van der Waals surface area contributed by atoms with Crippen molar-refractivity contribution in [1.82, 2.24) is 9.46 Å². The fraction of sp³-hybridized carbons (Fsp3) is 0.250. The molecule has 0 aliphatic carbocycles. The van der Waals surface area contributed by atoms with E-state index in [2.05, 4.69) is 10.5 Å². The summed E-state index contributed by atoms with van der Waals surface area (Å²) in [5.74, 6) is -2.37. The van der Waals surface area contributed by atoms with Gasteiger partial charge in [-0.25, -0.2) is 17.2 Å². The van der Waals surface area contributed by atoms with Gasteiger partial charge in [-0.15, -0.1) is 0 Å². The van der Waals surface area contributed by atoms with Crippen molar-refractivity contribution in [2.75, 3.05) is 18.4 Å². The summed E-state index contributed by atoms with van der Waals surface area (Å²) in [4.78, 5) is 12.6. The van der Waals surface area contributed by atoms with Gasteiger partial charge in [0.2, 0.25) is 15.9 Å². The third-order valence-electron chi connectivity index (χ3n) is 5.69. The predicted molar refractivity (Wildman–Crippen MR) is 128 cm³/mol. The van der Waals surface area contributed by atoms with Gasteiger partial charge in [0.25, 0.3) is 0 Å². The Labute approximate surface area is 206 Å². The Morgan fingerprint density at radius 3 is 2.71 bits per heavy atom. The molecule has 0 radical (unpaired) electrons. The zero-order chi connectivity index (χ0) is 25.2. The largest absolute Gasteiger partial charge is 0.355 e. The summed E-state index contributed by atoms with van der Waals surface area (Å²) in [6, 6.07) is 9.91. The molecule has 2 heterocycles. The maximum Gasteiger partial charge on any atom is 0.248 e. The lowest BCUT2D eigenvalue weighted by molar-refractivity contribution is -0.120. The van der Waals surface area contributed by atoms with E-state index in [1.165, 1.54) is 41.6 Å². The summed E-state index contributed by atoms with van der Waals surface area (Å²) in [5.41, 5.74) is 0.372. The Kier molecular flexibility index (Phi) is 7.34. The number of halogens is 3. The van der Waals surface area contributed by atoms with Crippen molar-refractivity contribution >= 4 is 45.4 Å². The van der Waals surface area contributed by atoms with E-state index in [1.54, 1.807) is 18.2 Å². The molecule has 0 saturated carbocycles. The molecular weight excluding hydrogens is 500 g/mol. The fourth-order valence-electron chi connectivity index (χ4n) is 3.90. The number of amides is 1. The Hall–Kier alpha value is -3.08. The topological polar surface area (TPSA) is 92.5 Å². The van der Waals surface area contributed by atoms with Gasteiger partial charge in [-0.1, -0.05) is 35.0 Å². The summed E-state index contributed by atoms with van der Waals surface area (Å²) in [6.45, 7) is 1.60. The molecule has 1 amide bonds. The molecule has 3 aromatic rings. The third kappa shape index (κ3) is 5.44. The first kappa shape index (κ1) is 25.0. The maximum atomic E-state index is 14.1. The second-order valence-corrected chi connectivity index (χ2v) is 10.4. The first-order valence-electron chi connectivity index (χ1n) is 10.8. The molecule has 1 fully saturated rings. The number of sulfonamides is 1. The minimum Gasteiger partial charge on any atom is -0.355 e. The summed E-state index contributed by atoms with van der Waals surface area (Å²) in [7, 11) is -4.09. The van der Waals surface area contributed by atoms with Crippen molar-refractivity contribution in [3.8, 4) is 0 Å². The van der Waals surface area contributed by atoms with Crippen LogP contribution in [0, 0.1) is 24.5 Å². The molecule has 1 atom stereocenters. The molecule has 0 unspecified atom stereocenters. The lowest BCUT2D eigenvalue weighted by Crippen LogP contribution is -2.44. The highest BCUT2D eigenvalue weighted by molar-refractivity contribution is 7.89. The van der Waals surface area contributed by atoms with Crippen LogP contribution in [0.5, 0.6) is 0 Å². The van der Waals surface area contributed by atoms with E-state index in [4.69, 9.17) is 16.1 Å². The minimum absolute atomic E-state index is 0.0326. The molecule has 2 aromatic carbocycles. The van der Waals surface area contributed by atoms with Gasteiger partial charge in [0.1, 0.15) is 17.3 Å². The van der Waals surface area contributed by atoms with E-state index in [0.29, 0.717) is 12.8 Å². The summed E-state index contributed by atoms with van der Waals surface area (Å²) in [6.07, 6.45) is 3.63. The van der Waals surface area contributed by atoms with Gasteiger partial charge < -0.3 is 9.84 Å². The Bertz CT molecular complexity index is 1390. The van der Waals surface area contributed by atoms with E-state index < -0.39 is 33.5 Å². The number of rotatable bonds is 6. The van der Waals surface area contributed by atoms with E-state index in [1.807, 2.05) is 0 Å². The third-order valence-corrected chi connectivity index (χ3v) is 7.95. The standard InChI is InChI=1S/C24H22ClF2N3O4S/c1-15-23(22(34-29-15)11-8-16-5-2-3-7-19(16)26)35(32,33)30-12-4-6-17(14-30)24(31)28-21-10-9-18(25)13-20(21)27/h2-3,5,7-11,13,17H,4,6,12,14H2,1H3,(H,28,31)/b11-8+/t17-/m1/s1. The average Bonchev–Trinajstić information content (AvgIpc) is 3.21. The molecule has 1 N–H and O–H groups in total. The molecular formula is C24H22ClF2N3O4S. The summed E-state index contributed by atoms with van der Waals surface area (Å²) in [5, 5.41) is 6.48. The number of nitrogens with one attached hydrogen (secondary N) is 1. The molecule has 0 bridgehead atoms. The van der Waals surface area contributed by atoms with Crippen LogP contribution in [-0.2, 0) is 14.8 Å². The SMILES string of the molecule is Cc1noc(/C=C/c2ccccc2F)c1S(=O)(=O)N1CCC[C@@H](C(=O)Nc2ccc(Cl)cc2F)C1. The number of piperidine rings is 1. The molecule has 4 rings (SSSR count). The Balaban J connectivity index is 1.54. The number of anilines is 1. The number of aromatic nitrogens is 1. The van der Waals surface area contributed by atoms with E-state index in [0.717, 1.165) is 6.07 Å². The van der Waals surface area contributed by atoms with E-state index >= 15 is 0 Å². The first-order valence-corrected chi connectivity index (χ1v) is 12.6. The smallest absolute Gasteiger partial charge is 0.248 e. The molecule has 1 aliphatic heterocycles. The number of carbonyl (C=O) groups is 1. The summed E-state index contributed by atoms with van der Waals surface area (Å²) >= 11 is 5.75. The average molecular weight is 522 g/mol. The first-order chi connectivity index (χ1) is 16.7. The Morgan fingerprint density at radius 2 is 1.97 bits per heavy atom. The van der Waals surface area contributed by atoms with Gasteiger partial charge in [-0.05, 0) is 56.2 Å².